The summed E-state index contributed by atoms with van der Waals surface area (Å²) in [5, 5.41) is 12.4. The lowest BCUT2D eigenvalue weighted by atomic mass is 10.00. The standard InChI is InChI=1S/C13H24N4/c1-5-10(6-2)12-15-16-13-11(9(3)4)14-7-8-17(12)13/h9-11,14H,5-8H2,1-4H3. The van der Waals surface area contributed by atoms with Gasteiger partial charge in [0.2, 0.25) is 0 Å². The molecule has 0 fully saturated rings. The number of hydrogen-bond donors (Lipinski definition) is 1. The van der Waals surface area contributed by atoms with Crippen LogP contribution in [0.25, 0.3) is 0 Å². The van der Waals surface area contributed by atoms with Gasteiger partial charge in [-0.25, -0.2) is 0 Å². The maximum atomic E-state index is 4.45. The van der Waals surface area contributed by atoms with Crippen molar-refractivity contribution < 1.29 is 0 Å². The van der Waals surface area contributed by atoms with Gasteiger partial charge in [0.05, 0.1) is 6.04 Å². The summed E-state index contributed by atoms with van der Waals surface area (Å²) in [6.07, 6.45) is 2.29. The highest BCUT2D eigenvalue weighted by atomic mass is 15.3. The zero-order valence-electron chi connectivity index (χ0n) is 11.4. The van der Waals surface area contributed by atoms with E-state index in [1.54, 1.807) is 0 Å². The average Bonchev–Trinajstić information content (AvgIpc) is 2.74. The molecular weight excluding hydrogens is 212 g/mol. The van der Waals surface area contributed by atoms with Gasteiger partial charge in [-0.2, -0.15) is 0 Å². The molecule has 1 unspecified atom stereocenters. The Balaban J connectivity index is 2.34. The Morgan fingerprint density at radius 3 is 2.59 bits per heavy atom. The summed E-state index contributed by atoms with van der Waals surface area (Å²) in [6.45, 7) is 11.0. The number of hydrogen-bond acceptors (Lipinski definition) is 3. The first-order chi connectivity index (χ1) is 8.19. The van der Waals surface area contributed by atoms with Crippen molar-refractivity contribution in [2.75, 3.05) is 6.54 Å². The van der Waals surface area contributed by atoms with Crippen molar-refractivity contribution in [3.63, 3.8) is 0 Å². The maximum absolute atomic E-state index is 4.45. The van der Waals surface area contributed by atoms with Gasteiger partial charge in [0, 0.05) is 19.0 Å². The summed E-state index contributed by atoms with van der Waals surface area (Å²) >= 11 is 0. The van der Waals surface area contributed by atoms with Crippen LogP contribution < -0.4 is 5.32 Å². The van der Waals surface area contributed by atoms with Crippen LogP contribution >= 0.6 is 0 Å². The predicted molar refractivity (Wildman–Crippen MR) is 68.9 cm³/mol. The van der Waals surface area contributed by atoms with E-state index >= 15 is 0 Å². The van der Waals surface area contributed by atoms with Crippen molar-refractivity contribution in [1.82, 2.24) is 20.1 Å². The molecule has 2 heterocycles. The van der Waals surface area contributed by atoms with Gasteiger partial charge < -0.3 is 9.88 Å². The third-order valence-electron chi connectivity index (χ3n) is 3.80. The largest absolute Gasteiger partial charge is 0.312 e. The van der Waals surface area contributed by atoms with Crippen molar-refractivity contribution in [1.29, 1.82) is 0 Å². The second-order valence-corrected chi connectivity index (χ2v) is 5.26. The zero-order valence-corrected chi connectivity index (χ0v) is 11.4. The van der Waals surface area contributed by atoms with Crippen molar-refractivity contribution in [2.45, 2.75) is 59.0 Å². The minimum atomic E-state index is 0.361. The lowest BCUT2D eigenvalue weighted by molar-refractivity contribution is 0.332. The van der Waals surface area contributed by atoms with Gasteiger partial charge in [0.25, 0.3) is 0 Å². The molecule has 0 saturated carbocycles. The molecule has 1 aromatic heterocycles. The van der Waals surface area contributed by atoms with Crippen LogP contribution in [0.3, 0.4) is 0 Å². The first-order valence-corrected chi connectivity index (χ1v) is 6.85. The van der Waals surface area contributed by atoms with Crippen LogP contribution in [-0.2, 0) is 6.54 Å². The van der Waals surface area contributed by atoms with E-state index in [-0.39, 0.29) is 0 Å². The van der Waals surface area contributed by atoms with Gasteiger partial charge in [0.1, 0.15) is 5.82 Å². The summed E-state index contributed by atoms with van der Waals surface area (Å²) in [5.74, 6) is 3.44. The fourth-order valence-corrected chi connectivity index (χ4v) is 2.70. The van der Waals surface area contributed by atoms with E-state index in [2.05, 4.69) is 47.8 Å². The predicted octanol–water partition coefficient (Wildman–Crippen LogP) is 2.48. The van der Waals surface area contributed by atoms with E-state index in [1.807, 2.05) is 0 Å². The SMILES string of the molecule is CCC(CC)c1nnc2n1CCNC2C(C)C. The average molecular weight is 236 g/mol. The van der Waals surface area contributed by atoms with Crippen molar-refractivity contribution in [3.8, 4) is 0 Å². The second-order valence-electron chi connectivity index (χ2n) is 5.26. The second kappa shape index (κ2) is 5.17. The van der Waals surface area contributed by atoms with Crippen LogP contribution in [0.5, 0.6) is 0 Å². The third-order valence-corrected chi connectivity index (χ3v) is 3.80. The summed E-state index contributed by atoms with van der Waals surface area (Å²) in [7, 11) is 0. The normalized spacial score (nSPS) is 20.0. The van der Waals surface area contributed by atoms with Crippen molar-refractivity contribution in [3.05, 3.63) is 11.6 Å². The monoisotopic (exact) mass is 236 g/mol. The highest BCUT2D eigenvalue weighted by molar-refractivity contribution is 5.08. The molecule has 0 bridgehead atoms. The number of fused-ring (bicyclic) bond motifs is 1. The Hall–Kier alpha value is -0.900. The Kier molecular flexibility index (Phi) is 3.82. The molecule has 1 aliphatic heterocycles. The Bertz CT molecular complexity index is 352. The van der Waals surface area contributed by atoms with Gasteiger partial charge in [-0.3, -0.25) is 0 Å². The Morgan fingerprint density at radius 1 is 1.29 bits per heavy atom. The van der Waals surface area contributed by atoms with Gasteiger partial charge in [-0.1, -0.05) is 27.7 Å². The molecular formula is C13H24N4. The van der Waals surface area contributed by atoms with Crippen molar-refractivity contribution in [2.24, 2.45) is 5.92 Å². The summed E-state index contributed by atoms with van der Waals surface area (Å²) < 4.78 is 2.35. The first kappa shape index (κ1) is 12.6. The van der Waals surface area contributed by atoms with Crippen LogP contribution in [0.15, 0.2) is 0 Å². The highest BCUT2D eigenvalue weighted by Crippen LogP contribution is 2.28. The van der Waals surface area contributed by atoms with E-state index in [4.69, 9.17) is 0 Å². The molecule has 0 amide bonds. The first-order valence-electron chi connectivity index (χ1n) is 6.85. The van der Waals surface area contributed by atoms with Crippen LogP contribution in [0.1, 0.15) is 64.1 Å². The summed E-state index contributed by atoms with van der Waals surface area (Å²) in [5.41, 5.74) is 0. The molecule has 96 valence electrons. The Labute approximate surface area is 104 Å². The van der Waals surface area contributed by atoms with Crippen LogP contribution in [0.2, 0.25) is 0 Å². The van der Waals surface area contributed by atoms with Crippen LogP contribution in [-0.4, -0.2) is 21.3 Å². The van der Waals surface area contributed by atoms with Gasteiger partial charge in [-0.05, 0) is 18.8 Å². The minimum Gasteiger partial charge on any atom is -0.312 e. The number of aromatic nitrogens is 3. The number of rotatable bonds is 4. The summed E-state index contributed by atoms with van der Waals surface area (Å²) in [4.78, 5) is 0. The topological polar surface area (TPSA) is 42.7 Å². The summed E-state index contributed by atoms with van der Waals surface area (Å²) in [6, 6.07) is 0.361. The maximum Gasteiger partial charge on any atom is 0.150 e. The van der Waals surface area contributed by atoms with Gasteiger partial charge in [0.15, 0.2) is 5.82 Å². The van der Waals surface area contributed by atoms with E-state index in [0.29, 0.717) is 17.9 Å². The van der Waals surface area contributed by atoms with Crippen molar-refractivity contribution >= 4 is 0 Å². The number of nitrogens with one attached hydrogen (secondary N) is 1. The zero-order chi connectivity index (χ0) is 12.4. The van der Waals surface area contributed by atoms with E-state index in [9.17, 15) is 0 Å². The number of nitrogens with zero attached hydrogens (tertiary/aromatic N) is 3. The molecule has 0 radical (unpaired) electrons. The lowest BCUT2D eigenvalue weighted by Crippen LogP contribution is -2.37. The molecule has 1 atom stereocenters. The fraction of sp³-hybridized carbons (Fsp3) is 0.846. The molecule has 1 aliphatic rings. The molecule has 0 spiro atoms. The third kappa shape index (κ3) is 2.23. The molecule has 4 heteroatoms. The lowest BCUT2D eigenvalue weighted by Gasteiger charge is -2.28. The fourth-order valence-electron chi connectivity index (χ4n) is 2.70. The molecule has 0 saturated heterocycles. The van der Waals surface area contributed by atoms with E-state index in [1.165, 1.54) is 5.82 Å². The van der Waals surface area contributed by atoms with Crippen LogP contribution in [0, 0.1) is 5.92 Å². The quantitative estimate of drug-likeness (QED) is 0.873. The highest BCUT2D eigenvalue weighted by Gasteiger charge is 2.28. The smallest absolute Gasteiger partial charge is 0.150 e. The van der Waals surface area contributed by atoms with Gasteiger partial charge >= 0.3 is 0 Å². The minimum absolute atomic E-state index is 0.361. The molecule has 1 aromatic rings. The molecule has 0 aliphatic carbocycles. The van der Waals surface area contributed by atoms with E-state index < -0.39 is 0 Å². The molecule has 4 nitrogen and oxygen atoms in total. The molecule has 0 aromatic carbocycles. The molecule has 1 N–H and O–H groups in total. The molecule has 17 heavy (non-hydrogen) atoms. The molecule has 2 rings (SSSR count). The van der Waals surface area contributed by atoms with E-state index in [0.717, 1.165) is 31.8 Å². The van der Waals surface area contributed by atoms with Gasteiger partial charge in [-0.15, -0.1) is 10.2 Å². The Morgan fingerprint density at radius 2 is 2.00 bits per heavy atom. The van der Waals surface area contributed by atoms with Crippen LogP contribution in [0.4, 0.5) is 0 Å².